The third kappa shape index (κ3) is 58.4. The molecule has 0 radical (unpaired) electrons. The zero-order valence-electron chi connectivity index (χ0n) is 19.2. The molecule has 0 aliphatic heterocycles. The van der Waals surface area contributed by atoms with E-state index in [0.29, 0.717) is 0 Å². The molecule has 0 aliphatic carbocycles. The fourth-order valence-electron chi connectivity index (χ4n) is 0.736. The summed E-state index contributed by atoms with van der Waals surface area (Å²) < 4.78 is 0. The summed E-state index contributed by atoms with van der Waals surface area (Å²) in [5.74, 6) is 1.24. The molecule has 0 atom stereocenters. The molecule has 0 aliphatic rings. The minimum absolute atomic E-state index is 1.24. The molecule has 0 bridgehead atoms. The van der Waals surface area contributed by atoms with Gasteiger partial charge in [0.1, 0.15) is 0 Å². The predicted molar refractivity (Wildman–Crippen MR) is 142 cm³/mol. The van der Waals surface area contributed by atoms with E-state index in [1.54, 1.807) is 52.2 Å². The number of hydrogen-bond acceptors (Lipinski definition) is 5. The first-order valence-corrected chi connectivity index (χ1v) is 12.8. The van der Waals surface area contributed by atoms with Gasteiger partial charge >= 0.3 is 0 Å². The smallest absolute Gasteiger partial charge is 0.0791 e. The molecule has 2 aromatic heterocycles. The minimum atomic E-state index is 1.24. The van der Waals surface area contributed by atoms with Gasteiger partial charge < -0.3 is 0 Å². The highest BCUT2D eigenvalue weighted by molar-refractivity contribution is 7.98. The van der Waals surface area contributed by atoms with Crippen molar-refractivity contribution in [2.24, 2.45) is 0 Å². The summed E-state index contributed by atoms with van der Waals surface area (Å²) in [4.78, 5) is 7.48. The third-order valence-corrected chi connectivity index (χ3v) is 3.61. The van der Waals surface area contributed by atoms with E-state index in [0.717, 1.165) is 0 Å². The monoisotopic (exact) mass is 452 g/mol. The van der Waals surface area contributed by atoms with E-state index in [4.69, 9.17) is 0 Å². The van der Waals surface area contributed by atoms with E-state index in [9.17, 15) is 0 Å². The summed E-state index contributed by atoms with van der Waals surface area (Å²) in [7, 11) is 0. The topological polar surface area (TPSA) is 25.8 Å². The number of thiazole rings is 2. The Labute approximate surface area is 192 Å². The van der Waals surface area contributed by atoms with Gasteiger partial charge in [-0.2, -0.15) is 11.8 Å². The summed E-state index contributed by atoms with van der Waals surface area (Å²) in [5, 5.41) is 3.86. The van der Waals surface area contributed by atoms with Crippen molar-refractivity contribution in [1.82, 2.24) is 9.97 Å². The molecule has 0 saturated heterocycles. The second kappa shape index (κ2) is 45.2. The van der Waals surface area contributed by atoms with Gasteiger partial charge in [0.2, 0.25) is 0 Å². The van der Waals surface area contributed by atoms with Crippen molar-refractivity contribution >= 4 is 34.4 Å². The third-order valence-electron chi connectivity index (χ3n) is 1.98. The molecule has 29 heavy (non-hydrogen) atoms. The number of hydrogen-bond donors (Lipinski definition) is 0. The van der Waals surface area contributed by atoms with E-state index < -0.39 is 0 Å². The molecule has 0 spiro atoms. The van der Waals surface area contributed by atoms with Gasteiger partial charge in [-0.15, -0.1) is 29.3 Å². The van der Waals surface area contributed by atoms with Crippen LogP contribution in [0.25, 0.3) is 0 Å². The molecule has 0 saturated carbocycles. The van der Waals surface area contributed by atoms with Crippen LogP contribution in [-0.4, -0.2) is 22.0 Å². The molecule has 5 heteroatoms. The van der Waals surface area contributed by atoms with Crippen molar-refractivity contribution in [2.45, 2.75) is 41.5 Å². The number of rotatable bonds is 1. The Hall–Kier alpha value is -1.69. The average molecular weight is 453 g/mol. The number of benzene rings is 1. The summed E-state index contributed by atoms with van der Waals surface area (Å²) in [6.07, 6.45) is 11.4. The molecule has 0 fully saturated rings. The van der Waals surface area contributed by atoms with Crippen LogP contribution in [0, 0.1) is 0 Å². The Morgan fingerprint density at radius 3 is 1.14 bits per heavy atom. The van der Waals surface area contributed by atoms with Crippen molar-refractivity contribution in [2.75, 3.05) is 12.0 Å². The van der Waals surface area contributed by atoms with E-state index in [1.165, 1.54) is 5.75 Å². The molecule has 0 unspecified atom stereocenters. The molecular formula is C24H40N2S3. The Morgan fingerprint density at radius 2 is 1.07 bits per heavy atom. The van der Waals surface area contributed by atoms with Crippen molar-refractivity contribution in [3.8, 4) is 0 Å². The zero-order chi connectivity index (χ0) is 22.8. The first-order valence-electron chi connectivity index (χ1n) is 9.52. The van der Waals surface area contributed by atoms with E-state index in [2.05, 4.69) is 29.7 Å². The highest BCUT2D eigenvalue weighted by atomic mass is 32.2. The van der Waals surface area contributed by atoms with Gasteiger partial charge in [-0.05, 0) is 32.8 Å². The standard InChI is InChI=1S/C6H6.C4H8.2C3H3NS.C3H8S.C3H6.C2H6/c1-2-4-6-5-3-1;1-3-4-2;2*1-2-5-3-4-1;1-3-4-2;1-3-2;1-2/h1-6H;3-4H,1-2H3;2*1-3H;3H2,1-2H3;3H,1H2,2H3;1-2H3. The molecule has 164 valence electrons. The predicted octanol–water partition coefficient (Wildman–Crippen LogP) is 9.14. The first kappa shape index (κ1) is 34.8. The molecule has 0 amide bonds. The Morgan fingerprint density at radius 1 is 0.793 bits per heavy atom. The van der Waals surface area contributed by atoms with Gasteiger partial charge in [-0.3, -0.25) is 9.97 Å². The fraction of sp³-hybridized carbons (Fsp3) is 0.333. The summed E-state index contributed by atoms with van der Waals surface area (Å²) in [5.41, 5.74) is 3.58. The fourth-order valence-corrected chi connectivity index (χ4v) is 1.44. The van der Waals surface area contributed by atoms with Gasteiger partial charge in [0.15, 0.2) is 0 Å². The van der Waals surface area contributed by atoms with Crippen LogP contribution in [0.5, 0.6) is 0 Å². The molecule has 3 aromatic rings. The van der Waals surface area contributed by atoms with Crippen molar-refractivity contribution in [3.63, 3.8) is 0 Å². The minimum Gasteiger partial charge on any atom is -0.253 e. The van der Waals surface area contributed by atoms with Crippen molar-refractivity contribution < 1.29 is 0 Å². The Bertz CT molecular complexity index is 443. The summed E-state index contributed by atoms with van der Waals surface area (Å²) in [6, 6.07) is 12.0. The molecule has 2 nitrogen and oxygen atoms in total. The van der Waals surface area contributed by atoms with Gasteiger partial charge in [-0.25, -0.2) is 0 Å². The maximum Gasteiger partial charge on any atom is 0.0791 e. The van der Waals surface area contributed by atoms with E-state index in [-0.39, 0.29) is 0 Å². The molecular weight excluding hydrogens is 412 g/mol. The van der Waals surface area contributed by atoms with Crippen LogP contribution in [0.2, 0.25) is 0 Å². The van der Waals surface area contributed by atoms with Crippen LogP contribution < -0.4 is 0 Å². The van der Waals surface area contributed by atoms with E-state index in [1.807, 2.05) is 106 Å². The number of allylic oxidation sites excluding steroid dienone is 3. The zero-order valence-corrected chi connectivity index (χ0v) is 21.6. The quantitative estimate of drug-likeness (QED) is 0.344. The molecule has 3 rings (SSSR count). The number of thioether (sulfide) groups is 1. The SMILES string of the molecule is C=CC.CC.CC=CC.CCSC.c1ccccc1.c1cscn1.c1cscn1. The Kier molecular flexibility index (Phi) is 54.2. The van der Waals surface area contributed by atoms with Crippen molar-refractivity contribution in [3.05, 3.63) is 95.4 Å². The lowest BCUT2D eigenvalue weighted by molar-refractivity contribution is 1.43. The van der Waals surface area contributed by atoms with Crippen LogP contribution >= 0.6 is 34.4 Å². The van der Waals surface area contributed by atoms with Gasteiger partial charge in [0, 0.05) is 23.2 Å². The summed E-state index contributed by atoms with van der Waals surface area (Å²) in [6.45, 7) is 15.4. The second-order valence-corrected chi connectivity index (χ2v) is 6.82. The molecule has 1 aromatic carbocycles. The van der Waals surface area contributed by atoms with Gasteiger partial charge in [0.05, 0.1) is 11.0 Å². The number of aromatic nitrogens is 2. The van der Waals surface area contributed by atoms with Crippen LogP contribution in [0.1, 0.15) is 41.5 Å². The lowest BCUT2D eigenvalue weighted by Gasteiger charge is -1.69. The van der Waals surface area contributed by atoms with Gasteiger partial charge in [-0.1, -0.05) is 75.4 Å². The first-order chi connectivity index (χ1) is 14.2. The van der Waals surface area contributed by atoms with Crippen LogP contribution in [-0.2, 0) is 0 Å². The van der Waals surface area contributed by atoms with Crippen LogP contribution in [0.15, 0.2) is 95.4 Å². The number of nitrogens with zero attached hydrogens (tertiary/aromatic N) is 2. The average Bonchev–Trinajstić information content (AvgIpc) is 3.56. The second-order valence-electron chi connectivity index (χ2n) is 4.16. The van der Waals surface area contributed by atoms with E-state index >= 15 is 0 Å². The molecule has 2 heterocycles. The lowest BCUT2D eigenvalue weighted by Crippen LogP contribution is -1.52. The van der Waals surface area contributed by atoms with Crippen LogP contribution in [0.4, 0.5) is 0 Å². The maximum absolute atomic E-state index is 3.74. The van der Waals surface area contributed by atoms with Crippen LogP contribution in [0.3, 0.4) is 0 Å². The highest BCUT2D eigenvalue weighted by Gasteiger charge is 1.60. The lowest BCUT2D eigenvalue weighted by atomic mass is 10.4. The summed E-state index contributed by atoms with van der Waals surface area (Å²) >= 11 is 5.06. The molecule has 0 N–H and O–H groups in total. The largest absolute Gasteiger partial charge is 0.253 e. The maximum atomic E-state index is 3.74. The Balaban J connectivity index is -0.000000129. The normalized spacial score (nSPS) is 7.41. The van der Waals surface area contributed by atoms with Gasteiger partial charge in [0.25, 0.3) is 0 Å². The van der Waals surface area contributed by atoms with Crippen molar-refractivity contribution in [1.29, 1.82) is 0 Å². The highest BCUT2D eigenvalue weighted by Crippen LogP contribution is 1.86.